The highest BCUT2D eigenvalue weighted by Gasteiger charge is 2.33. The van der Waals surface area contributed by atoms with Crippen LogP contribution < -0.4 is 9.80 Å². The molecule has 2 aliphatic rings. The van der Waals surface area contributed by atoms with Crippen LogP contribution in [-0.4, -0.2) is 65.8 Å². The number of anilines is 2. The molecule has 27 heavy (non-hydrogen) atoms. The molecule has 1 aromatic carbocycles. The summed E-state index contributed by atoms with van der Waals surface area (Å²) < 4.78 is 20.6. The summed E-state index contributed by atoms with van der Waals surface area (Å²) in [5.74, 6) is -1.31. The van der Waals surface area contributed by atoms with Crippen molar-refractivity contribution in [2.75, 3.05) is 63.7 Å². The minimum atomic E-state index is -0.661. The van der Waals surface area contributed by atoms with Gasteiger partial charge in [-0.2, -0.15) is 0 Å². The van der Waals surface area contributed by atoms with E-state index in [9.17, 15) is 9.59 Å². The van der Waals surface area contributed by atoms with Gasteiger partial charge < -0.3 is 28.7 Å². The van der Waals surface area contributed by atoms with Crippen molar-refractivity contribution < 1.29 is 28.5 Å². The average Bonchev–Trinajstić information content (AvgIpc) is 2.73. The number of halogens is 1. The first-order valence-corrected chi connectivity index (χ1v) is 8.82. The number of esters is 2. The van der Waals surface area contributed by atoms with Crippen LogP contribution in [0, 0.1) is 0 Å². The molecule has 0 amide bonds. The molecule has 1 fully saturated rings. The first-order valence-electron chi connectivity index (χ1n) is 8.44. The van der Waals surface area contributed by atoms with E-state index in [0.29, 0.717) is 23.9 Å². The minimum Gasteiger partial charge on any atom is -0.466 e. The molecule has 0 spiro atoms. The van der Waals surface area contributed by atoms with Gasteiger partial charge in [-0.1, -0.05) is 11.6 Å². The van der Waals surface area contributed by atoms with Crippen LogP contribution in [0.15, 0.2) is 29.5 Å². The Morgan fingerprint density at radius 2 is 1.78 bits per heavy atom. The van der Waals surface area contributed by atoms with Gasteiger partial charge in [-0.05, 0) is 18.2 Å². The van der Waals surface area contributed by atoms with Crippen LogP contribution in [0.4, 0.5) is 11.4 Å². The van der Waals surface area contributed by atoms with Gasteiger partial charge in [0.1, 0.15) is 12.4 Å². The molecule has 0 N–H and O–H groups in total. The monoisotopic (exact) mass is 396 g/mol. The van der Waals surface area contributed by atoms with Crippen LogP contribution in [0.3, 0.4) is 0 Å². The van der Waals surface area contributed by atoms with E-state index in [0.717, 1.165) is 18.8 Å². The van der Waals surface area contributed by atoms with Crippen molar-refractivity contribution in [3.8, 4) is 0 Å². The Morgan fingerprint density at radius 1 is 1.07 bits per heavy atom. The molecule has 0 unspecified atom stereocenters. The van der Waals surface area contributed by atoms with Crippen molar-refractivity contribution in [2.45, 2.75) is 0 Å². The zero-order valence-corrected chi connectivity index (χ0v) is 16.0. The van der Waals surface area contributed by atoms with Crippen molar-refractivity contribution >= 4 is 34.9 Å². The molecule has 8 nitrogen and oxygen atoms in total. The predicted octanol–water partition coefficient (Wildman–Crippen LogP) is 1.57. The van der Waals surface area contributed by atoms with Crippen molar-refractivity contribution in [3.63, 3.8) is 0 Å². The first-order chi connectivity index (χ1) is 13.1. The Kier molecular flexibility index (Phi) is 6.20. The highest BCUT2D eigenvalue weighted by Crippen LogP contribution is 2.35. The van der Waals surface area contributed by atoms with E-state index in [4.69, 9.17) is 30.5 Å². The lowest BCUT2D eigenvalue weighted by molar-refractivity contribution is -0.140. The number of methoxy groups -OCH3 is 2. The van der Waals surface area contributed by atoms with Crippen LogP contribution in [0.25, 0.3) is 0 Å². The van der Waals surface area contributed by atoms with Crippen LogP contribution in [0.5, 0.6) is 0 Å². The molecule has 0 bridgehead atoms. The fourth-order valence-electron chi connectivity index (χ4n) is 3.06. The summed E-state index contributed by atoms with van der Waals surface area (Å²) in [5, 5.41) is 0.420. The third-order valence-electron chi connectivity index (χ3n) is 4.43. The van der Waals surface area contributed by atoms with Gasteiger partial charge in [0.15, 0.2) is 0 Å². The number of carbonyl (C=O) groups excluding carboxylic acids is 2. The van der Waals surface area contributed by atoms with E-state index in [2.05, 4.69) is 4.90 Å². The summed E-state index contributed by atoms with van der Waals surface area (Å²) in [4.78, 5) is 28.2. The average molecular weight is 397 g/mol. The number of hydrogen-bond acceptors (Lipinski definition) is 8. The Morgan fingerprint density at radius 3 is 2.44 bits per heavy atom. The summed E-state index contributed by atoms with van der Waals surface area (Å²) in [6, 6.07) is 5.52. The van der Waals surface area contributed by atoms with Gasteiger partial charge in [-0.3, -0.25) is 0 Å². The molecule has 0 aromatic heterocycles. The number of ether oxygens (including phenoxy) is 4. The summed E-state index contributed by atoms with van der Waals surface area (Å²) in [6.07, 6.45) is 0. The van der Waals surface area contributed by atoms with Crippen molar-refractivity contribution in [2.24, 2.45) is 0 Å². The lowest BCUT2D eigenvalue weighted by Crippen LogP contribution is -2.39. The minimum absolute atomic E-state index is 0.0472. The van der Waals surface area contributed by atoms with Gasteiger partial charge in [-0.15, -0.1) is 0 Å². The molecule has 0 radical (unpaired) electrons. The maximum Gasteiger partial charge on any atom is 0.355 e. The molecule has 3 rings (SSSR count). The number of hydrogen-bond donors (Lipinski definition) is 0. The lowest BCUT2D eigenvalue weighted by atomic mass is 10.1. The second kappa shape index (κ2) is 8.60. The van der Waals surface area contributed by atoms with Crippen LogP contribution >= 0.6 is 11.6 Å². The highest BCUT2D eigenvalue weighted by atomic mass is 35.5. The van der Waals surface area contributed by atoms with E-state index in [1.54, 1.807) is 6.07 Å². The van der Waals surface area contributed by atoms with Gasteiger partial charge in [0.2, 0.25) is 0 Å². The molecule has 0 atom stereocenters. The van der Waals surface area contributed by atoms with Crippen LogP contribution in [-0.2, 0) is 28.5 Å². The predicted molar refractivity (Wildman–Crippen MR) is 98.8 cm³/mol. The van der Waals surface area contributed by atoms with Crippen molar-refractivity contribution in [1.29, 1.82) is 0 Å². The molecule has 1 aromatic rings. The summed E-state index contributed by atoms with van der Waals surface area (Å²) in [5.41, 5.74) is 1.63. The number of morpholine rings is 1. The summed E-state index contributed by atoms with van der Waals surface area (Å²) >= 11 is 6.41. The molecule has 1 saturated heterocycles. The second-order valence-corrected chi connectivity index (χ2v) is 6.36. The lowest BCUT2D eigenvalue weighted by Gasteiger charge is -2.34. The SMILES string of the molecule is COC(=O)C1=C(C(=O)OC)N(c2cc(N3CCOCC3)ccc2Cl)COC1. The van der Waals surface area contributed by atoms with E-state index in [1.807, 2.05) is 12.1 Å². The number of nitrogens with zero attached hydrogens (tertiary/aromatic N) is 2. The van der Waals surface area contributed by atoms with E-state index in [-0.39, 0.29) is 24.6 Å². The van der Waals surface area contributed by atoms with Gasteiger partial charge in [0.05, 0.1) is 50.3 Å². The third-order valence-corrected chi connectivity index (χ3v) is 4.75. The van der Waals surface area contributed by atoms with E-state index < -0.39 is 11.9 Å². The number of carbonyl (C=O) groups is 2. The van der Waals surface area contributed by atoms with Gasteiger partial charge in [0.25, 0.3) is 0 Å². The Labute approximate surface area is 162 Å². The largest absolute Gasteiger partial charge is 0.466 e. The highest BCUT2D eigenvalue weighted by molar-refractivity contribution is 6.33. The number of benzene rings is 1. The van der Waals surface area contributed by atoms with E-state index in [1.165, 1.54) is 19.1 Å². The van der Waals surface area contributed by atoms with Crippen molar-refractivity contribution in [1.82, 2.24) is 0 Å². The maximum atomic E-state index is 12.4. The zero-order chi connectivity index (χ0) is 19.4. The summed E-state index contributed by atoms with van der Waals surface area (Å²) in [6.45, 7) is 2.80. The molecular weight excluding hydrogens is 376 g/mol. The van der Waals surface area contributed by atoms with Gasteiger partial charge in [-0.25, -0.2) is 9.59 Å². The number of rotatable bonds is 4. The normalized spacial score (nSPS) is 17.7. The molecule has 146 valence electrons. The molecule has 2 aliphatic heterocycles. The second-order valence-electron chi connectivity index (χ2n) is 5.95. The molecule has 9 heteroatoms. The molecule has 0 saturated carbocycles. The molecule has 2 heterocycles. The van der Waals surface area contributed by atoms with Crippen LogP contribution in [0.2, 0.25) is 5.02 Å². The fourth-order valence-corrected chi connectivity index (χ4v) is 3.28. The molecular formula is C18H21ClN2O6. The van der Waals surface area contributed by atoms with Crippen LogP contribution in [0.1, 0.15) is 0 Å². The zero-order valence-electron chi connectivity index (χ0n) is 15.2. The topological polar surface area (TPSA) is 77.5 Å². The van der Waals surface area contributed by atoms with E-state index >= 15 is 0 Å². The van der Waals surface area contributed by atoms with Gasteiger partial charge >= 0.3 is 11.9 Å². The maximum absolute atomic E-state index is 12.4. The smallest absolute Gasteiger partial charge is 0.355 e. The summed E-state index contributed by atoms with van der Waals surface area (Å²) in [7, 11) is 2.50. The first kappa shape index (κ1) is 19.5. The standard InChI is InChI=1S/C18H21ClN2O6/c1-24-17(22)13-10-27-11-21(16(13)18(23)25-2)15-9-12(3-4-14(15)19)20-5-7-26-8-6-20/h3-4,9H,5-8,10-11H2,1-2H3. The third kappa shape index (κ3) is 4.02. The Hall–Kier alpha value is -2.29. The molecule has 0 aliphatic carbocycles. The quantitative estimate of drug-likeness (QED) is 0.710. The van der Waals surface area contributed by atoms with Gasteiger partial charge in [0, 0.05) is 18.8 Å². The Bertz CT molecular complexity index is 760. The Balaban J connectivity index is 2.04. The van der Waals surface area contributed by atoms with Crippen molar-refractivity contribution in [3.05, 3.63) is 34.5 Å². The fraction of sp³-hybridized carbons (Fsp3) is 0.444.